The zero-order valence-electron chi connectivity index (χ0n) is 15.2. The van der Waals surface area contributed by atoms with Crippen LogP contribution in [0.5, 0.6) is 5.75 Å². The third-order valence-corrected chi connectivity index (χ3v) is 4.50. The first-order chi connectivity index (χ1) is 14.0. The molecule has 0 heterocycles. The Morgan fingerprint density at radius 2 is 1.55 bits per heavy atom. The number of ether oxygens (including phenoxy) is 1. The van der Waals surface area contributed by atoms with Crippen LogP contribution in [-0.4, -0.2) is 23.2 Å². The predicted octanol–water partition coefficient (Wildman–Crippen LogP) is 4.49. The van der Waals surface area contributed by atoms with Gasteiger partial charge in [0.15, 0.2) is 0 Å². The van der Waals surface area contributed by atoms with E-state index in [0.29, 0.717) is 23.5 Å². The van der Waals surface area contributed by atoms with Crippen molar-refractivity contribution >= 4 is 34.0 Å². The van der Waals surface area contributed by atoms with Crippen molar-refractivity contribution in [2.45, 2.75) is 6.61 Å². The van der Waals surface area contributed by atoms with Gasteiger partial charge >= 0.3 is 5.97 Å². The number of amides is 1. The summed E-state index contributed by atoms with van der Waals surface area (Å²) in [7, 11) is 0. The Hall–Kier alpha value is -3.45. The molecule has 29 heavy (non-hydrogen) atoms. The third-order valence-electron chi connectivity index (χ3n) is 3.97. The number of aromatic carboxylic acids is 1. The molecule has 0 aliphatic heterocycles. The van der Waals surface area contributed by atoms with Gasteiger partial charge in [-0.05, 0) is 59.7 Å². The van der Waals surface area contributed by atoms with Crippen LogP contribution in [0.3, 0.4) is 0 Å². The van der Waals surface area contributed by atoms with Crippen LogP contribution in [-0.2, 0) is 6.61 Å². The molecule has 146 valence electrons. The molecular weight excluding hydrogens is 436 g/mol. The lowest BCUT2D eigenvalue weighted by Crippen LogP contribution is -2.17. The molecule has 0 saturated carbocycles. The van der Waals surface area contributed by atoms with Crippen molar-refractivity contribution in [2.24, 2.45) is 5.10 Å². The molecule has 0 spiro atoms. The van der Waals surface area contributed by atoms with E-state index in [1.165, 1.54) is 18.3 Å². The van der Waals surface area contributed by atoms with E-state index in [4.69, 9.17) is 9.84 Å². The fourth-order valence-corrected chi connectivity index (χ4v) is 2.66. The molecule has 0 saturated heterocycles. The highest BCUT2D eigenvalue weighted by atomic mass is 79.9. The van der Waals surface area contributed by atoms with E-state index in [-0.39, 0.29) is 11.5 Å². The second-order valence-corrected chi connectivity index (χ2v) is 6.98. The number of hydrogen-bond donors (Lipinski definition) is 2. The minimum atomic E-state index is -0.994. The minimum Gasteiger partial charge on any atom is -0.489 e. The number of carbonyl (C=O) groups excluding carboxylic acids is 1. The first-order valence-corrected chi connectivity index (χ1v) is 9.44. The number of hydrazone groups is 1. The highest BCUT2D eigenvalue weighted by molar-refractivity contribution is 9.10. The molecule has 3 aromatic rings. The highest BCUT2D eigenvalue weighted by Gasteiger charge is 2.05. The van der Waals surface area contributed by atoms with Crippen LogP contribution in [0.25, 0.3) is 0 Å². The van der Waals surface area contributed by atoms with Crippen molar-refractivity contribution in [1.29, 1.82) is 0 Å². The first-order valence-electron chi connectivity index (χ1n) is 8.65. The van der Waals surface area contributed by atoms with Crippen molar-refractivity contribution in [3.05, 3.63) is 99.5 Å². The van der Waals surface area contributed by atoms with Gasteiger partial charge in [0.25, 0.3) is 5.91 Å². The number of rotatable bonds is 7. The Morgan fingerprint density at radius 3 is 2.17 bits per heavy atom. The van der Waals surface area contributed by atoms with E-state index in [0.717, 1.165) is 10.0 Å². The topological polar surface area (TPSA) is 88.0 Å². The molecule has 6 nitrogen and oxygen atoms in total. The van der Waals surface area contributed by atoms with Gasteiger partial charge in [0.05, 0.1) is 11.8 Å². The number of benzene rings is 3. The number of hydrogen-bond acceptors (Lipinski definition) is 4. The molecule has 0 unspecified atom stereocenters. The van der Waals surface area contributed by atoms with Gasteiger partial charge in [-0.2, -0.15) is 5.10 Å². The Kier molecular flexibility index (Phi) is 6.76. The van der Waals surface area contributed by atoms with E-state index in [9.17, 15) is 9.59 Å². The number of carboxylic acids is 1. The summed E-state index contributed by atoms with van der Waals surface area (Å²) >= 11 is 3.39. The Bertz CT molecular complexity index is 1010. The summed E-state index contributed by atoms with van der Waals surface area (Å²) in [6.07, 6.45) is 1.44. The van der Waals surface area contributed by atoms with Gasteiger partial charge in [0.2, 0.25) is 0 Å². The summed E-state index contributed by atoms with van der Waals surface area (Å²) in [6, 6.07) is 20.8. The summed E-state index contributed by atoms with van der Waals surface area (Å²) in [6.45, 7) is 0.434. The predicted molar refractivity (Wildman–Crippen MR) is 113 cm³/mol. The van der Waals surface area contributed by atoms with Crippen LogP contribution >= 0.6 is 15.9 Å². The maximum atomic E-state index is 12.2. The molecule has 0 bridgehead atoms. The van der Waals surface area contributed by atoms with Gasteiger partial charge in [-0.25, -0.2) is 10.2 Å². The molecule has 0 radical (unpaired) electrons. The summed E-state index contributed by atoms with van der Waals surface area (Å²) in [5.41, 5.74) is 4.78. The van der Waals surface area contributed by atoms with Crippen molar-refractivity contribution in [3.8, 4) is 5.75 Å². The van der Waals surface area contributed by atoms with Gasteiger partial charge in [-0.1, -0.05) is 40.2 Å². The Morgan fingerprint density at radius 1 is 0.931 bits per heavy atom. The standard InChI is InChI=1S/C22H17BrN2O4/c23-19-9-3-16(4-10-19)14-29-20-11-7-17(8-12-20)21(26)25-24-13-15-1-5-18(6-2-15)22(27)28/h1-13H,14H2,(H,25,26)(H,27,28). The monoisotopic (exact) mass is 452 g/mol. The molecule has 1 amide bonds. The summed E-state index contributed by atoms with van der Waals surface area (Å²) in [4.78, 5) is 23.0. The van der Waals surface area contributed by atoms with Gasteiger partial charge < -0.3 is 9.84 Å². The van der Waals surface area contributed by atoms with E-state index < -0.39 is 5.97 Å². The molecule has 2 N–H and O–H groups in total. The average molecular weight is 453 g/mol. The lowest BCUT2D eigenvalue weighted by molar-refractivity contribution is 0.0696. The van der Waals surface area contributed by atoms with Gasteiger partial charge in [-0.3, -0.25) is 4.79 Å². The Labute approximate surface area is 176 Å². The smallest absolute Gasteiger partial charge is 0.335 e. The fraction of sp³-hybridized carbons (Fsp3) is 0.0455. The summed E-state index contributed by atoms with van der Waals surface area (Å²) in [5, 5.41) is 12.8. The number of carboxylic acid groups (broad SMARTS) is 1. The summed E-state index contributed by atoms with van der Waals surface area (Å²) in [5.74, 6) is -0.694. The van der Waals surface area contributed by atoms with Crippen LogP contribution in [0.4, 0.5) is 0 Å². The second-order valence-electron chi connectivity index (χ2n) is 6.07. The molecule has 0 aromatic heterocycles. The lowest BCUT2D eigenvalue weighted by Gasteiger charge is -2.07. The minimum absolute atomic E-state index is 0.189. The van der Waals surface area contributed by atoms with E-state index in [1.807, 2.05) is 24.3 Å². The van der Waals surface area contributed by atoms with Crippen LogP contribution in [0, 0.1) is 0 Å². The normalized spacial score (nSPS) is 10.7. The molecule has 0 fully saturated rings. The van der Waals surface area contributed by atoms with Crippen LogP contribution in [0.15, 0.2) is 82.4 Å². The largest absolute Gasteiger partial charge is 0.489 e. The average Bonchev–Trinajstić information content (AvgIpc) is 2.74. The zero-order chi connectivity index (χ0) is 20.6. The van der Waals surface area contributed by atoms with Crippen LogP contribution in [0.1, 0.15) is 31.8 Å². The van der Waals surface area contributed by atoms with Crippen LogP contribution in [0.2, 0.25) is 0 Å². The van der Waals surface area contributed by atoms with Crippen molar-refractivity contribution in [2.75, 3.05) is 0 Å². The molecule has 3 aromatic carbocycles. The van der Waals surface area contributed by atoms with Gasteiger partial charge in [0, 0.05) is 10.0 Å². The molecule has 0 atom stereocenters. The molecule has 0 aliphatic carbocycles. The van der Waals surface area contributed by atoms with Crippen molar-refractivity contribution in [3.63, 3.8) is 0 Å². The first kappa shape index (κ1) is 20.3. The quantitative estimate of drug-likeness (QED) is 0.408. The number of nitrogens with zero attached hydrogens (tertiary/aromatic N) is 1. The van der Waals surface area contributed by atoms with E-state index in [2.05, 4.69) is 26.5 Å². The highest BCUT2D eigenvalue weighted by Crippen LogP contribution is 2.16. The van der Waals surface area contributed by atoms with Crippen LogP contribution < -0.4 is 10.2 Å². The molecule has 0 aliphatic rings. The third kappa shape index (κ3) is 6.02. The molecular formula is C22H17BrN2O4. The van der Waals surface area contributed by atoms with E-state index >= 15 is 0 Å². The maximum Gasteiger partial charge on any atom is 0.335 e. The fourth-order valence-electron chi connectivity index (χ4n) is 2.39. The number of carbonyl (C=O) groups is 2. The van der Waals surface area contributed by atoms with E-state index in [1.54, 1.807) is 36.4 Å². The molecule has 7 heteroatoms. The Balaban J connectivity index is 1.51. The summed E-state index contributed by atoms with van der Waals surface area (Å²) < 4.78 is 6.72. The molecule has 3 rings (SSSR count). The SMILES string of the molecule is O=C(O)c1ccc(C=NNC(=O)c2ccc(OCc3ccc(Br)cc3)cc2)cc1. The van der Waals surface area contributed by atoms with Crippen molar-refractivity contribution < 1.29 is 19.4 Å². The van der Waals surface area contributed by atoms with Crippen molar-refractivity contribution in [1.82, 2.24) is 5.43 Å². The number of halogens is 1. The van der Waals surface area contributed by atoms with Gasteiger partial charge in [0.1, 0.15) is 12.4 Å². The second kappa shape index (κ2) is 9.66. The lowest BCUT2D eigenvalue weighted by atomic mass is 10.1. The zero-order valence-corrected chi connectivity index (χ0v) is 16.8. The maximum absolute atomic E-state index is 12.2. The van der Waals surface area contributed by atoms with Gasteiger partial charge in [-0.15, -0.1) is 0 Å². The number of nitrogens with one attached hydrogen (secondary N) is 1.